The molecule has 10 heteroatoms. The molecule has 0 aromatic carbocycles. The molecule has 0 radical (unpaired) electrons. The van der Waals surface area contributed by atoms with Crippen LogP contribution in [-0.4, -0.2) is 41.5 Å². The Balaban J connectivity index is 2.29. The summed E-state index contributed by atoms with van der Waals surface area (Å²) < 4.78 is 64.3. The van der Waals surface area contributed by atoms with Gasteiger partial charge in [-0.3, -0.25) is 0 Å². The van der Waals surface area contributed by atoms with Gasteiger partial charge >= 0.3 is 6.18 Å². The summed E-state index contributed by atoms with van der Waals surface area (Å²) >= 11 is 0. The van der Waals surface area contributed by atoms with Crippen molar-refractivity contribution in [3.8, 4) is 0 Å². The van der Waals surface area contributed by atoms with Crippen LogP contribution in [0.1, 0.15) is 6.42 Å². The van der Waals surface area contributed by atoms with Gasteiger partial charge in [-0.05, 0) is 6.42 Å². The van der Waals surface area contributed by atoms with Crippen LogP contribution >= 0.6 is 0 Å². The van der Waals surface area contributed by atoms with E-state index in [9.17, 15) is 21.6 Å². The minimum Gasteiger partial charge on any atom is -0.381 e. The SMILES string of the molecule is Cn1cnc(N)c1S(=O)(=O)N1CC=C(C(F)(F)F)CC1. The number of anilines is 1. The molecule has 1 aliphatic rings. The van der Waals surface area contributed by atoms with E-state index in [2.05, 4.69) is 4.98 Å². The molecule has 6 nitrogen and oxygen atoms in total. The number of nitrogens with zero attached hydrogens (tertiary/aromatic N) is 3. The number of sulfonamides is 1. The van der Waals surface area contributed by atoms with Crippen molar-refractivity contribution in [2.75, 3.05) is 18.8 Å². The van der Waals surface area contributed by atoms with Crippen LogP contribution in [-0.2, 0) is 17.1 Å². The molecule has 0 unspecified atom stereocenters. The Labute approximate surface area is 113 Å². The summed E-state index contributed by atoms with van der Waals surface area (Å²) in [7, 11) is -2.50. The van der Waals surface area contributed by atoms with E-state index in [0.29, 0.717) is 0 Å². The molecule has 20 heavy (non-hydrogen) atoms. The Morgan fingerprint density at radius 3 is 2.45 bits per heavy atom. The fourth-order valence-electron chi connectivity index (χ4n) is 2.00. The third-order valence-corrected chi connectivity index (χ3v) is 5.03. The van der Waals surface area contributed by atoms with Crippen molar-refractivity contribution in [2.45, 2.75) is 17.6 Å². The molecule has 112 valence electrons. The third kappa shape index (κ3) is 2.52. The van der Waals surface area contributed by atoms with Gasteiger partial charge in [0.05, 0.1) is 6.33 Å². The van der Waals surface area contributed by atoms with Gasteiger partial charge in [0.2, 0.25) is 0 Å². The number of imidazole rings is 1. The lowest BCUT2D eigenvalue weighted by Gasteiger charge is -2.26. The maximum Gasteiger partial charge on any atom is 0.412 e. The molecule has 0 saturated heterocycles. The lowest BCUT2D eigenvalue weighted by atomic mass is 10.1. The van der Waals surface area contributed by atoms with Crippen molar-refractivity contribution in [3.05, 3.63) is 18.0 Å². The average molecular weight is 310 g/mol. The summed E-state index contributed by atoms with van der Waals surface area (Å²) in [6, 6.07) is 0. The zero-order chi connectivity index (χ0) is 15.1. The van der Waals surface area contributed by atoms with E-state index < -0.39 is 21.8 Å². The van der Waals surface area contributed by atoms with E-state index in [0.717, 1.165) is 10.4 Å². The van der Waals surface area contributed by atoms with Gasteiger partial charge in [0.1, 0.15) is 0 Å². The maximum absolute atomic E-state index is 12.5. The lowest BCUT2D eigenvalue weighted by molar-refractivity contribution is -0.0953. The van der Waals surface area contributed by atoms with Crippen molar-refractivity contribution in [3.63, 3.8) is 0 Å². The number of nitrogen functional groups attached to an aromatic ring is 1. The molecule has 2 rings (SSSR count). The van der Waals surface area contributed by atoms with E-state index in [1.165, 1.54) is 17.9 Å². The number of alkyl halides is 3. The van der Waals surface area contributed by atoms with Gasteiger partial charge in [0.25, 0.3) is 10.0 Å². The van der Waals surface area contributed by atoms with Gasteiger partial charge in [-0.2, -0.15) is 17.5 Å². The topological polar surface area (TPSA) is 81.2 Å². The highest BCUT2D eigenvalue weighted by Gasteiger charge is 2.38. The first-order chi connectivity index (χ1) is 9.14. The molecule has 0 fully saturated rings. The zero-order valence-corrected chi connectivity index (χ0v) is 11.4. The van der Waals surface area contributed by atoms with Crippen molar-refractivity contribution in [1.82, 2.24) is 13.9 Å². The number of aromatic nitrogens is 2. The number of aryl methyl sites for hydroxylation is 1. The maximum atomic E-state index is 12.5. The van der Waals surface area contributed by atoms with Crippen molar-refractivity contribution in [1.29, 1.82) is 0 Å². The molecule has 1 aliphatic heterocycles. The van der Waals surface area contributed by atoms with Crippen molar-refractivity contribution >= 4 is 15.8 Å². The van der Waals surface area contributed by atoms with Crippen LogP contribution in [0.5, 0.6) is 0 Å². The highest BCUT2D eigenvalue weighted by atomic mass is 32.2. The molecule has 1 aromatic heterocycles. The smallest absolute Gasteiger partial charge is 0.381 e. The molecule has 2 N–H and O–H groups in total. The third-order valence-electron chi connectivity index (χ3n) is 3.03. The second-order valence-electron chi connectivity index (χ2n) is 4.39. The van der Waals surface area contributed by atoms with Crippen LogP contribution in [0.4, 0.5) is 19.0 Å². The average Bonchev–Trinajstić information content (AvgIpc) is 2.68. The minimum absolute atomic E-state index is 0.168. The number of nitrogens with two attached hydrogens (primary N) is 1. The Bertz CT molecular complexity index is 628. The van der Waals surface area contributed by atoms with E-state index in [4.69, 9.17) is 5.73 Å². The van der Waals surface area contributed by atoms with Gasteiger partial charge in [-0.1, -0.05) is 6.08 Å². The summed E-state index contributed by atoms with van der Waals surface area (Å²) in [5.41, 5.74) is 4.79. The van der Waals surface area contributed by atoms with Crippen LogP contribution in [0.15, 0.2) is 23.0 Å². The van der Waals surface area contributed by atoms with Crippen LogP contribution in [0.25, 0.3) is 0 Å². The quantitative estimate of drug-likeness (QED) is 0.822. The molecule has 2 heterocycles. The Hall–Kier alpha value is -1.55. The first kappa shape index (κ1) is 14.9. The van der Waals surface area contributed by atoms with Crippen molar-refractivity contribution in [2.24, 2.45) is 7.05 Å². The van der Waals surface area contributed by atoms with E-state index in [1.54, 1.807) is 0 Å². The van der Waals surface area contributed by atoms with E-state index >= 15 is 0 Å². The summed E-state index contributed by atoms with van der Waals surface area (Å²) in [5.74, 6) is -0.168. The lowest BCUT2D eigenvalue weighted by Crippen LogP contribution is -2.37. The number of rotatable bonds is 2. The fraction of sp³-hybridized carbons (Fsp3) is 0.500. The molecule has 0 spiro atoms. The van der Waals surface area contributed by atoms with Crippen LogP contribution in [0.2, 0.25) is 0 Å². The molecule has 0 amide bonds. The highest BCUT2D eigenvalue weighted by molar-refractivity contribution is 7.89. The Morgan fingerprint density at radius 2 is 2.05 bits per heavy atom. The molecular weight excluding hydrogens is 297 g/mol. The minimum atomic E-state index is -4.42. The first-order valence-electron chi connectivity index (χ1n) is 5.67. The van der Waals surface area contributed by atoms with Gasteiger partial charge in [-0.25, -0.2) is 13.4 Å². The van der Waals surface area contributed by atoms with Crippen LogP contribution in [0.3, 0.4) is 0 Å². The molecule has 0 bridgehead atoms. The summed E-state index contributed by atoms with van der Waals surface area (Å²) in [4.78, 5) is 3.67. The second-order valence-corrected chi connectivity index (χ2v) is 6.24. The Kier molecular flexibility index (Phi) is 3.54. The number of halogens is 3. The summed E-state index contributed by atoms with van der Waals surface area (Å²) in [6.07, 6.45) is -2.67. The van der Waals surface area contributed by atoms with Gasteiger partial charge in [-0.15, -0.1) is 0 Å². The number of hydrogen-bond donors (Lipinski definition) is 1. The predicted molar refractivity (Wildman–Crippen MR) is 65.1 cm³/mol. The first-order valence-corrected chi connectivity index (χ1v) is 7.11. The van der Waals surface area contributed by atoms with Gasteiger partial charge < -0.3 is 10.3 Å². The predicted octanol–water partition coefficient (Wildman–Crippen LogP) is 0.885. The monoisotopic (exact) mass is 310 g/mol. The normalized spacial score (nSPS) is 18.1. The van der Waals surface area contributed by atoms with Crippen LogP contribution < -0.4 is 5.73 Å². The van der Waals surface area contributed by atoms with Crippen LogP contribution in [0, 0.1) is 0 Å². The summed E-state index contributed by atoms with van der Waals surface area (Å²) in [5, 5.41) is -0.207. The highest BCUT2D eigenvalue weighted by Crippen LogP contribution is 2.32. The largest absolute Gasteiger partial charge is 0.412 e. The Morgan fingerprint density at radius 1 is 1.40 bits per heavy atom. The van der Waals surface area contributed by atoms with Crippen molar-refractivity contribution < 1.29 is 21.6 Å². The summed E-state index contributed by atoms with van der Waals surface area (Å²) in [6.45, 7) is -0.569. The molecular formula is C10H13F3N4O2S. The molecule has 0 atom stereocenters. The van der Waals surface area contributed by atoms with E-state index in [1.807, 2.05) is 0 Å². The number of hydrogen-bond acceptors (Lipinski definition) is 4. The standard InChI is InChI=1S/C10H13F3N4O2S/c1-16-6-15-8(14)9(16)20(18,19)17-4-2-7(3-5-17)10(11,12)13/h2,6H,3-5,14H2,1H3. The fourth-order valence-corrected chi connectivity index (χ4v) is 3.57. The molecule has 1 aromatic rings. The molecule has 0 aliphatic carbocycles. The zero-order valence-electron chi connectivity index (χ0n) is 10.6. The van der Waals surface area contributed by atoms with Gasteiger partial charge in [0, 0.05) is 25.7 Å². The second kappa shape index (κ2) is 4.77. The molecule has 0 saturated carbocycles. The van der Waals surface area contributed by atoms with Gasteiger partial charge in [0.15, 0.2) is 10.8 Å². The van der Waals surface area contributed by atoms with E-state index in [-0.39, 0.29) is 30.4 Å².